The van der Waals surface area contributed by atoms with Gasteiger partial charge >= 0.3 is 0 Å². The fourth-order valence-corrected chi connectivity index (χ4v) is 2.25. The molecule has 16 heavy (non-hydrogen) atoms. The van der Waals surface area contributed by atoms with Crippen molar-refractivity contribution in [3.8, 4) is 0 Å². The normalized spacial score (nSPS) is 18.8. The van der Waals surface area contributed by atoms with Crippen molar-refractivity contribution in [1.29, 1.82) is 0 Å². The average molecular weight is 230 g/mol. The monoisotopic (exact) mass is 230 g/mol. The number of methoxy groups -OCH3 is 1. The molecule has 0 saturated heterocycles. The lowest BCUT2D eigenvalue weighted by Crippen LogP contribution is -2.32. The molecule has 0 aliphatic carbocycles. The van der Waals surface area contributed by atoms with Crippen LogP contribution in [0.5, 0.6) is 0 Å². The van der Waals surface area contributed by atoms with E-state index in [1.807, 2.05) is 13.0 Å². The fraction of sp³-hybridized carbons (Fsp3) is 0.857. The summed E-state index contributed by atoms with van der Waals surface area (Å²) in [6.45, 7) is 10.0. The summed E-state index contributed by atoms with van der Waals surface area (Å²) in [4.78, 5) is 0. The third kappa shape index (κ3) is 6.26. The van der Waals surface area contributed by atoms with Crippen molar-refractivity contribution < 1.29 is 9.13 Å². The molecule has 0 bridgehead atoms. The second-order valence-electron chi connectivity index (χ2n) is 5.37. The summed E-state index contributed by atoms with van der Waals surface area (Å²) < 4.78 is 19.3. The summed E-state index contributed by atoms with van der Waals surface area (Å²) >= 11 is 0. The van der Waals surface area contributed by atoms with Gasteiger partial charge in [-0.2, -0.15) is 0 Å². The summed E-state index contributed by atoms with van der Waals surface area (Å²) in [6.07, 6.45) is 6.10. The summed E-state index contributed by atoms with van der Waals surface area (Å²) in [7, 11) is 1.69. The van der Waals surface area contributed by atoms with Gasteiger partial charge in [0.15, 0.2) is 0 Å². The first-order valence-corrected chi connectivity index (χ1v) is 6.18. The molecule has 0 spiro atoms. The predicted molar refractivity (Wildman–Crippen MR) is 68.5 cm³/mol. The van der Waals surface area contributed by atoms with Crippen molar-refractivity contribution in [2.45, 2.75) is 58.5 Å². The highest BCUT2D eigenvalue weighted by Gasteiger charge is 2.33. The highest BCUT2D eigenvalue weighted by Crippen LogP contribution is 2.37. The number of allylic oxidation sites excluding steroid dienone is 1. The molecule has 0 heterocycles. The smallest absolute Gasteiger partial charge is 0.108 e. The van der Waals surface area contributed by atoms with E-state index in [9.17, 15) is 4.39 Å². The van der Waals surface area contributed by atoms with Crippen LogP contribution in [0, 0.1) is 5.41 Å². The molecule has 0 aromatic heterocycles. The Bertz CT molecular complexity index is 201. The van der Waals surface area contributed by atoms with E-state index in [0.717, 1.165) is 19.3 Å². The van der Waals surface area contributed by atoms with E-state index in [1.54, 1.807) is 14.0 Å². The van der Waals surface area contributed by atoms with Gasteiger partial charge < -0.3 is 4.74 Å². The first kappa shape index (κ1) is 15.6. The number of rotatable bonds is 9. The molecule has 2 heteroatoms. The highest BCUT2D eigenvalue weighted by molar-refractivity contribution is 4.85. The van der Waals surface area contributed by atoms with Crippen molar-refractivity contribution in [1.82, 2.24) is 0 Å². The molecule has 0 N–H and O–H groups in total. The first-order chi connectivity index (χ1) is 7.39. The molecule has 0 radical (unpaired) electrons. The van der Waals surface area contributed by atoms with Crippen LogP contribution in [0.2, 0.25) is 0 Å². The van der Waals surface area contributed by atoms with Gasteiger partial charge in [-0.15, -0.1) is 6.58 Å². The molecule has 1 nitrogen and oxygen atoms in total. The van der Waals surface area contributed by atoms with Crippen molar-refractivity contribution in [3.05, 3.63) is 12.7 Å². The van der Waals surface area contributed by atoms with E-state index >= 15 is 0 Å². The Labute approximate surface area is 100 Å². The zero-order valence-electron chi connectivity index (χ0n) is 11.3. The van der Waals surface area contributed by atoms with Gasteiger partial charge in [0.25, 0.3) is 0 Å². The van der Waals surface area contributed by atoms with Gasteiger partial charge in [-0.05, 0) is 44.4 Å². The SMILES string of the molecule is C=CCCC[C@](C)(COC)C[C@@](C)(F)CC. The van der Waals surface area contributed by atoms with Gasteiger partial charge in [0.2, 0.25) is 0 Å². The van der Waals surface area contributed by atoms with E-state index in [-0.39, 0.29) is 5.41 Å². The molecule has 2 atom stereocenters. The number of alkyl halides is 1. The Morgan fingerprint density at radius 2 is 2.00 bits per heavy atom. The minimum atomic E-state index is -1.08. The molecular formula is C14H27FO. The van der Waals surface area contributed by atoms with Crippen LogP contribution in [0.1, 0.15) is 52.9 Å². The van der Waals surface area contributed by atoms with Gasteiger partial charge in [0.05, 0.1) is 6.61 Å². The van der Waals surface area contributed by atoms with Crippen molar-refractivity contribution in [3.63, 3.8) is 0 Å². The topological polar surface area (TPSA) is 9.23 Å². The number of halogens is 1. The molecule has 0 saturated carbocycles. The van der Waals surface area contributed by atoms with Crippen LogP contribution in [0.25, 0.3) is 0 Å². The van der Waals surface area contributed by atoms with Gasteiger partial charge in [-0.25, -0.2) is 4.39 Å². The van der Waals surface area contributed by atoms with Crippen LogP contribution in [-0.2, 0) is 4.74 Å². The molecule has 0 aliphatic heterocycles. The van der Waals surface area contributed by atoms with Crippen LogP contribution in [0.15, 0.2) is 12.7 Å². The standard InChI is InChI=1S/C14H27FO/c1-6-8-9-10-13(3,12-16-5)11-14(4,15)7-2/h6H,1,7-12H2,2-5H3/t13-,14-/m0/s1. The third-order valence-corrected chi connectivity index (χ3v) is 3.21. The Hall–Kier alpha value is -0.370. The van der Waals surface area contributed by atoms with Gasteiger partial charge in [-0.3, -0.25) is 0 Å². The Balaban J connectivity index is 4.36. The fourth-order valence-electron chi connectivity index (χ4n) is 2.25. The van der Waals surface area contributed by atoms with Crippen molar-refractivity contribution in [2.24, 2.45) is 5.41 Å². The van der Waals surface area contributed by atoms with E-state index in [1.165, 1.54) is 0 Å². The van der Waals surface area contributed by atoms with Crippen LogP contribution < -0.4 is 0 Å². The minimum absolute atomic E-state index is 0.0583. The molecule has 96 valence electrons. The lowest BCUT2D eigenvalue weighted by molar-refractivity contribution is 0.0243. The zero-order chi connectivity index (χ0) is 12.7. The lowest BCUT2D eigenvalue weighted by atomic mass is 9.76. The number of hydrogen-bond donors (Lipinski definition) is 0. The van der Waals surface area contributed by atoms with Gasteiger partial charge in [0.1, 0.15) is 5.67 Å². The predicted octanol–water partition coefficient (Wildman–Crippen LogP) is 4.52. The summed E-state index contributed by atoms with van der Waals surface area (Å²) in [5, 5.41) is 0. The molecule has 0 unspecified atom stereocenters. The Morgan fingerprint density at radius 3 is 2.44 bits per heavy atom. The molecule has 0 fully saturated rings. The highest BCUT2D eigenvalue weighted by atomic mass is 19.1. The van der Waals surface area contributed by atoms with Gasteiger partial charge in [-0.1, -0.05) is 19.9 Å². The van der Waals surface area contributed by atoms with E-state index in [2.05, 4.69) is 13.5 Å². The zero-order valence-corrected chi connectivity index (χ0v) is 11.3. The maximum Gasteiger partial charge on any atom is 0.108 e. The minimum Gasteiger partial charge on any atom is -0.384 e. The van der Waals surface area contributed by atoms with Crippen LogP contribution in [0.3, 0.4) is 0 Å². The summed E-state index contributed by atoms with van der Waals surface area (Å²) in [5.41, 5.74) is -1.14. The first-order valence-electron chi connectivity index (χ1n) is 6.18. The largest absolute Gasteiger partial charge is 0.384 e. The maximum atomic E-state index is 14.1. The molecule has 0 amide bonds. The lowest BCUT2D eigenvalue weighted by Gasteiger charge is -2.34. The van der Waals surface area contributed by atoms with E-state index < -0.39 is 5.67 Å². The van der Waals surface area contributed by atoms with Crippen LogP contribution >= 0.6 is 0 Å². The number of unbranched alkanes of at least 4 members (excludes halogenated alkanes) is 1. The second kappa shape index (κ2) is 7.05. The van der Waals surface area contributed by atoms with E-state index in [0.29, 0.717) is 19.4 Å². The van der Waals surface area contributed by atoms with Crippen molar-refractivity contribution in [2.75, 3.05) is 13.7 Å². The van der Waals surface area contributed by atoms with Crippen LogP contribution in [-0.4, -0.2) is 19.4 Å². The molecular weight excluding hydrogens is 203 g/mol. The molecule has 0 aromatic rings. The average Bonchev–Trinajstić information content (AvgIpc) is 2.17. The maximum absolute atomic E-state index is 14.1. The quantitative estimate of drug-likeness (QED) is 0.418. The second-order valence-corrected chi connectivity index (χ2v) is 5.37. The Morgan fingerprint density at radius 1 is 1.38 bits per heavy atom. The molecule has 0 rings (SSSR count). The van der Waals surface area contributed by atoms with E-state index in [4.69, 9.17) is 4.74 Å². The third-order valence-electron chi connectivity index (χ3n) is 3.21. The Kier molecular flexibility index (Phi) is 6.89. The summed E-state index contributed by atoms with van der Waals surface area (Å²) in [6, 6.07) is 0. The van der Waals surface area contributed by atoms with Crippen LogP contribution in [0.4, 0.5) is 4.39 Å². The molecule has 0 aromatic carbocycles. The molecule has 0 aliphatic rings. The summed E-state index contributed by atoms with van der Waals surface area (Å²) in [5.74, 6) is 0. The number of hydrogen-bond acceptors (Lipinski definition) is 1. The number of ether oxygens (including phenoxy) is 1. The van der Waals surface area contributed by atoms with Gasteiger partial charge in [0, 0.05) is 7.11 Å². The van der Waals surface area contributed by atoms with Crippen molar-refractivity contribution >= 4 is 0 Å².